The third-order valence-corrected chi connectivity index (χ3v) is 6.94. The van der Waals surface area contributed by atoms with E-state index in [1.807, 2.05) is 36.2 Å². The van der Waals surface area contributed by atoms with Crippen LogP contribution in [0.5, 0.6) is 5.75 Å². The van der Waals surface area contributed by atoms with Gasteiger partial charge in [-0.2, -0.15) is 0 Å². The first-order valence-corrected chi connectivity index (χ1v) is 12.3. The molecular formula is C27H37N3O5. The zero-order chi connectivity index (χ0) is 25.5. The molecule has 3 rings (SSSR count). The second-order valence-electron chi connectivity index (χ2n) is 10.0. The number of nitro benzene ring substituents is 1. The van der Waals surface area contributed by atoms with Gasteiger partial charge in [0.05, 0.1) is 11.0 Å². The molecule has 2 aromatic rings. The highest BCUT2D eigenvalue weighted by Crippen LogP contribution is 2.35. The smallest absolute Gasteiger partial charge is 0.270 e. The van der Waals surface area contributed by atoms with Crippen molar-refractivity contribution in [3.05, 3.63) is 63.7 Å². The highest BCUT2D eigenvalue weighted by Gasteiger charge is 2.31. The molecule has 0 spiro atoms. The Labute approximate surface area is 207 Å². The van der Waals surface area contributed by atoms with Gasteiger partial charge >= 0.3 is 0 Å². The summed E-state index contributed by atoms with van der Waals surface area (Å²) in [5.74, 6) is 1.59. The summed E-state index contributed by atoms with van der Waals surface area (Å²) in [4.78, 5) is 24.8. The molecule has 3 atom stereocenters. The SMILES string of the molecule is CC1CCC(C(C)C)C(OCC(=O)NCc2ccc(N(C)Cc3cc([N+](=O)[O-])ccc3O)cc2)C1. The molecule has 3 unspecified atom stereocenters. The fraction of sp³-hybridized carbons (Fsp3) is 0.519. The van der Waals surface area contributed by atoms with Crippen molar-refractivity contribution in [2.24, 2.45) is 17.8 Å². The molecule has 1 aliphatic carbocycles. The number of phenols is 1. The van der Waals surface area contributed by atoms with Crippen molar-refractivity contribution in [3.8, 4) is 5.75 Å². The average molecular weight is 484 g/mol. The first kappa shape index (κ1) is 26.5. The van der Waals surface area contributed by atoms with Crippen molar-refractivity contribution in [2.75, 3.05) is 18.6 Å². The number of amides is 1. The van der Waals surface area contributed by atoms with Gasteiger partial charge in [-0.25, -0.2) is 0 Å². The van der Waals surface area contributed by atoms with E-state index in [4.69, 9.17) is 4.74 Å². The molecule has 2 aromatic carbocycles. The Bertz CT molecular complexity index is 1010. The van der Waals surface area contributed by atoms with Crippen LogP contribution in [0.3, 0.4) is 0 Å². The number of phenolic OH excluding ortho intramolecular Hbond substituents is 1. The van der Waals surface area contributed by atoms with Crippen LogP contribution in [0.15, 0.2) is 42.5 Å². The largest absolute Gasteiger partial charge is 0.508 e. The van der Waals surface area contributed by atoms with E-state index >= 15 is 0 Å². The minimum Gasteiger partial charge on any atom is -0.508 e. The third-order valence-electron chi connectivity index (χ3n) is 6.94. The van der Waals surface area contributed by atoms with Gasteiger partial charge in [0.2, 0.25) is 5.91 Å². The number of aromatic hydroxyl groups is 1. The first-order valence-electron chi connectivity index (χ1n) is 12.3. The first-order chi connectivity index (χ1) is 16.6. The van der Waals surface area contributed by atoms with Crippen molar-refractivity contribution >= 4 is 17.3 Å². The van der Waals surface area contributed by atoms with Crippen molar-refractivity contribution in [1.82, 2.24) is 5.32 Å². The van der Waals surface area contributed by atoms with Crippen molar-refractivity contribution in [3.63, 3.8) is 0 Å². The molecule has 1 amide bonds. The molecule has 1 aliphatic rings. The summed E-state index contributed by atoms with van der Waals surface area (Å²) in [6.45, 7) is 7.51. The molecule has 0 aliphatic heterocycles. The lowest BCUT2D eigenvalue weighted by Gasteiger charge is -2.37. The van der Waals surface area contributed by atoms with Crippen molar-refractivity contribution in [2.45, 2.75) is 59.2 Å². The maximum Gasteiger partial charge on any atom is 0.270 e. The Hall–Kier alpha value is -3.13. The van der Waals surface area contributed by atoms with Gasteiger partial charge in [-0.1, -0.05) is 39.3 Å². The van der Waals surface area contributed by atoms with Gasteiger partial charge in [-0.3, -0.25) is 14.9 Å². The van der Waals surface area contributed by atoms with Crippen molar-refractivity contribution in [1.29, 1.82) is 0 Å². The van der Waals surface area contributed by atoms with E-state index in [1.54, 1.807) is 0 Å². The summed E-state index contributed by atoms with van der Waals surface area (Å²) in [5, 5.41) is 24.0. The minimum absolute atomic E-state index is 0.0198. The zero-order valence-corrected chi connectivity index (χ0v) is 21.1. The molecular weight excluding hydrogens is 446 g/mol. The van der Waals surface area contributed by atoms with Gasteiger partial charge < -0.3 is 20.1 Å². The van der Waals surface area contributed by atoms with Gasteiger partial charge in [-0.05, 0) is 54.4 Å². The number of carbonyl (C=O) groups is 1. The Morgan fingerprint density at radius 3 is 2.60 bits per heavy atom. The number of non-ortho nitro benzene ring substituents is 1. The summed E-state index contributed by atoms with van der Waals surface area (Å²) >= 11 is 0. The Morgan fingerprint density at radius 1 is 1.23 bits per heavy atom. The molecule has 2 N–H and O–H groups in total. The van der Waals surface area contributed by atoms with Crippen LogP contribution in [0.1, 0.15) is 51.2 Å². The minimum atomic E-state index is -0.477. The molecule has 190 valence electrons. The number of anilines is 1. The average Bonchev–Trinajstić information content (AvgIpc) is 2.82. The Kier molecular flexibility index (Phi) is 9.09. The number of rotatable bonds is 10. The van der Waals surface area contributed by atoms with Crippen LogP contribution in [0.25, 0.3) is 0 Å². The lowest BCUT2D eigenvalue weighted by molar-refractivity contribution is -0.384. The summed E-state index contributed by atoms with van der Waals surface area (Å²) in [6, 6.07) is 11.7. The second kappa shape index (κ2) is 12.0. The highest BCUT2D eigenvalue weighted by atomic mass is 16.6. The number of hydrogen-bond donors (Lipinski definition) is 2. The van der Waals surface area contributed by atoms with Crippen LogP contribution in [0, 0.1) is 27.9 Å². The lowest BCUT2D eigenvalue weighted by Crippen LogP contribution is -2.37. The number of nitro groups is 1. The fourth-order valence-corrected chi connectivity index (χ4v) is 4.77. The number of benzene rings is 2. The quantitative estimate of drug-likeness (QED) is 0.363. The summed E-state index contributed by atoms with van der Waals surface area (Å²) in [7, 11) is 1.85. The third kappa shape index (κ3) is 7.42. The summed E-state index contributed by atoms with van der Waals surface area (Å²) in [6.07, 6.45) is 3.54. The standard InChI is InChI=1S/C27H37N3O5/c1-18(2)24-11-5-19(3)13-26(24)35-17-27(32)28-15-20-6-8-22(9-7-20)29(4)16-21-14-23(30(33)34)10-12-25(21)31/h6-10,12,14,18-19,24,26,31H,5,11,13,15-17H2,1-4H3,(H,28,32). The second-order valence-corrected chi connectivity index (χ2v) is 10.0. The maximum absolute atomic E-state index is 12.4. The molecule has 0 aromatic heterocycles. The van der Waals surface area contributed by atoms with E-state index in [0.29, 0.717) is 36.4 Å². The molecule has 0 bridgehead atoms. The van der Waals surface area contributed by atoms with E-state index in [1.165, 1.54) is 24.6 Å². The topological polar surface area (TPSA) is 105 Å². The number of nitrogens with one attached hydrogen (secondary N) is 1. The van der Waals surface area contributed by atoms with E-state index < -0.39 is 4.92 Å². The molecule has 1 fully saturated rings. The normalized spacial score (nSPS) is 20.0. The van der Waals surface area contributed by atoms with Gasteiger partial charge in [0.15, 0.2) is 0 Å². The van der Waals surface area contributed by atoms with E-state index in [0.717, 1.165) is 24.1 Å². The summed E-state index contributed by atoms with van der Waals surface area (Å²) < 4.78 is 6.04. The monoisotopic (exact) mass is 483 g/mol. The number of hydrogen-bond acceptors (Lipinski definition) is 6. The Morgan fingerprint density at radius 2 is 1.94 bits per heavy atom. The van der Waals surface area contributed by atoms with Crippen LogP contribution in [-0.4, -0.2) is 35.7 Å². The van der Waals surface area contributed by atoms with Gasteiger partial charge in [0, 0.05) is 43.5 Å². The molecule has 8 nitrogen and oxygen atoms in total. The number of nitrogens with zero attached hydrogens (tertiary/aromatic N) is 2. The molecule has 8 heteroatoms. The van der Waals surface area contributed by atoms with Gasteiger partial charge in [0.1, 0.15) is 12.4 Å². The van der Waals surface area contributed by atoms with Crippen LogP contribution < -0.4 is 10.2 Å². The summed E-state index contributed by atoms with van der Waals surface area (Å²) in [5.41, 5.74) is 2.27. The predicted molar refractivity (Wildman–Crippen MR) is 136 cm³/mol. The van der Waals surface area contributed by atoms with Crippen molar-refractivity contribution < 1.29 is 19.6 Å². The molecule has 1 saturated carbocycles. The van der Waals surface area contributed by atoms with Crippen LogP contribution in [-0.2, 0) is 22.6 Å². The van der Waals surface area contributed by atoms with E-state index in [2.05, 4.69) is 26.1 Å². The van der Waals surface area contributed by atoms with Gasteiger partial charge in [-0.15, -0.1) is 0 Å². The number of ether oxygens (including phenoxy) is 1. The van der Waals surface area contributed by atoms with Crippen LogP contribution in [0.2, 0.25) is 0 Å². The molecule has 0 heterocycles. The van der Waals surface area contributed by atoms with Crippen LogP contribution >= 0.6 is 0 Å². The molecule has 0 saturated heterocycles. The maximum atomic E-state index is 12.4. The Balaban J connectivity index is 1.49. The molecule has 0 radical (unpaired) electrons. The predicted octanol–water partition coefficient (Wildman–Crippen LogP) is 5.03. The zero-order valence-electron chi connectivity index (χ0n) is 21.1. The lowest BCUT2D eigenvalue weighted by atomic mass is 9.75. The molecule has 35 heavy (non-hydrogen) atoms. The highest BCUT2D eigenvalue weighted by molar-refractivity contribution is 5.77. The number of carbonyl (C=O) groups excluding carboxylic acids is 1. The van der Waals surface area contributed by atoms with E-state index in [9.17, 15) is 20.0 Å². The van der Waals surface area contributed by atoms with Gasteiger partial charge in [0.25, 0.3) is 5.69 Å². The fourth-order valence-electron chi connectivity index (χ4n) is 4.77. The van der Waals surface area contributed by atoms with Crippen LogP contribution in [0.4, 0.5) is 11.4 Å². The van der Waals surface area contributed by atoms with E-state index in [-0.39, 0.29) is 30.1 Å².